The fraction of sp³-hybridized carbons (Fsp3) is 0.207. The van der Waals surface area contributed by atoms with Crippen molar-refractivity contribution in [3.63, 3.8) is 0 Å². The number of carbonyl (C=O) groups excluding carboxylic acids is 5. The fourth-order valence-electron chi connectivity index (χ4n) is 4.58. The molecule has 1 atom stereocenters. The Kier molecular flexibility index (Phi) is 7.09. The molecule has 0 bridgehead atoms. The zero-order chi connectivity index (χ0) is 27.5. The lowest BCUT2D eigenvalue weighted by molar-refractivity contribution is -0.127. The maximum absolute atomic E-state index is 12.9. The van der Waals surface area contributed by atoms with Gasteiger partial charge in [-0.2, -0.15) is 0 Å². The average molecular weight is 527 g/mol. The highest BCUT2D eigenvalue weighted by atomic mass is 16.5. The molecule has 0 aromatic heterocycles. The number of rotatable bonds is 8. The zero-order valence-electron chi connectivity index (χ0n) is 21.2. The highest BCUT2D eigenvalue weighted by Crippen LogP contribution is 2.36. The van der Waals surface area contributed by atoms with Crippen LogP contribution in [0.4, 0.5) is 17.1 Å². The van der Waals surface area contributed by atoms with E-state index in [0.29, 0.717) is 33.9 Å². The molecule has 0 spiro atoms. The molecule has 5 amide bonds. The predicted molar refractivity (Wildman–Crippen MR) is 144 cm³/mol. The van der Waals surface area contributed by atoms with Gasteiger partial charge in [-0.15, -0.1) is 0 Å². The van der Waals surface area contributed by atoms with Crippen LogP contribution in [0.3, 0.4) is 0 Å². The lowest BCUT2D eigenvalue weighted by Gasteiger charge is -2.33. The van der Waals surface area contributed by atoms with E-state index >= 15 is 0 Å². The zero-order valence-corrected chi connectivity index (χ0v) is 21.2. The number of fused-ring (bicyclic) bond motifs is 2. The summed E-state index contributed by atoms with van der Waals surface area (Å²) < 4.78 is 5.70. The molecule has 0 aliphatic carbocycles. The summed E-state index contributed by atoms with van der Waals surface area (Å²) in [5.41, 5.74) is 2.13. The highest BCUT2D eigenvalue weighted by Gasteiger charge is 2.35. The number of nitrogens with one attached hydrogen (secondary N) is 2. The van der Waals surface area contributed by atoms with Crippen LogP contribution in [0.15, 0.2) is 72.8 Å². The van der Waals surface area contributed by atoms with Crippen LogP contribution in [0, 0.1) is 0 Å². The highest BCUT2D eigenvalue weighted by molar-refractivity contribution is 6.21. The number of hydrogen-bond donors (Lipinski definition) is 2. The summed E-state index contributed by atoms with van der Waals surface area (Å²) in [5, 5.41) is 5.54. The van der Waals surface area contributed by atoms with Gasteiger partial charge in [-0.1, -0.05) is 30.3 Å². The molecule has 2 aliphatic heterocycles. The van der Waals surface area contributed by atoms with Crippen molar-refractivity contribution in [1.29, 1.82) is 0 Å². The predicted octanol–water partition coefficient (Wildman–Crippen LogP) is 3.45. The smallest absolute Gasteiger partial charge is 0.268 e. The molecule has 0 radical (unpaired) electrons. The van der Waals surface area contributed by atoms with Crippen molar-refractivity contribution in [1.82, 2.24) is 4.90 Å². The number of ether oxygens (including phenoxy) is 1. The fourth-order valence-corrected chi connectivity index (χ4v) is 4.58. The van der Waals surface area contributed by atoms with E-state index in [2.05, 4.69) is 10.6 Å². The van der Waals surface area contributed by atoms with Gasteiger partial charge in [0.15, 0.2) is 6.10 Å². The Bertz CT molecular complexity index is 1440. The summed E-state index contributed by atoms with van der Waals surface area (Å²) in [7, 11) is 0. The maximum atomic E-state index is 12.9. The minimum atomic E-state index is -0.774. The van der Waals surface area contributed by atoms with Gasteiger partial charge in [0.1, 0.15) is 12.3 Å². The molecule has 3 aromatic carbocycles. The van der Waals surface area contributed by atoms with E-state index in [0.717, 1.165) is 4.90 Å². The van der Waals surface area contributed by atoms with Crippen LogP contribution in [0.1, 0.15) is 40.5 Å². The van der Waals surface area contributed by atoms with Gasteiger partial charge in [0, 0.05) is 24.3 Å². The monoisotopic (exact) mass is 526 g/mol. The molecule has 0 saturated carbocycles. The van der Waals surface area contributed by atoms with Gasteiger partial charge in [0.25, 0.3) is 17.7 Å². The molecule has 2 heterocycles. The quantitative estimate of drug-likeness (QED) is 0.433. The first-order valence-corrected chi connectivity index (χ1v) is 12.5. The third-order valence-electron chi connectivity index (χ3n) is 6.47. The van der Waals surface area contributed by atoms with Crippen molar-refractivity contribution >= 4 is 46.6 Å². The van der Waals surface area contributed by atoms with Crippen LogP contribution in [0.25, 0.3) is 0 Å². The first kappa shape index (κ1) is 25.7. The molecule has 2 N–H and O–H groups in total. The molecule has 5 rings (SSSR count). The van der Waals surface area contributed by atoms with E-state index in [1.165, 1.54) is 4.90 Å². The number of imide groups is 1. The second kappa shape index (κ2) is 10.8. The summed E-state index contributed by atoms with van der Waals surface area (Å²) in [6.07, 6.45) is -0.419. The van der Waals surface area contributed by atoms with Crippen molar-refractivity contribution in [2.75, 3.05) is 28.6 Å². The van der Waals surface area contributed by atoms with Crippen molar-refractivity contribution in [2.24, 2.45) is 0 Å². The van der Waals surface area contributed by atoms with E-state index in [1.807, 2.05) is 6.07 Å². The summed E-state index contributed by atoms with van der Waals surface area (Å²) in [6.45, 7) is 1.50. The van der Waals surface area contributed by atoms with E-state index in [1.54, 1.807) is 73.7 Å². The minimum Gasteiger partial charge on any atom is -0.479 e. The van der Waals surface area contributed by atoms with Crippen molar-refractivity contribution in [3.8, 4) is 5.75 Å². The van der Waals surface area contributed by atoms with Gasteiger partial charge >= 0.3 is 0 Å². The summed E-state index contributed by atoms with van der Waals surface area (Å²) in [4.78, 5) is 65.7. The number of para-hydroxylation sites is 1. The Labute approximate surface area is 224 Å². The van der Waals surface area contributed by atoms with Gasteiger partial charge in [-0.3, -0.25) is 33.8 Å². The van der Waals surface area contributed by atoms with Gasteiger partial charge < -0.3 is 15.4 Å². The van der Waals surface area contributed by atoms with Crippen LogP contribution < -0.4 is 20.3 Å². The average Bonchev–Trinajstić information content (AvgIpc) is 3.17. The Morgan fingerprint density at radius 1 is 0.795 bits per heavy atom. The molecule has 10 heteroatoms. The minimum absolute atomic E-state index is 0.0696. The lowest BCUT2D eigenvalue weighted by atomic mass is 10.1. The van der Waals surface area contributed by atoms with Gasteiger partial charge in [0.05, 0.1) is 16.8 Å². The Hall–Kier alpha value is -4.99. The van der Waals surface area contributed by atoms with Gasteiger partial charge in [-0.05, 0) is 55.8 Å². The summed E-state index contributed by atoms with van der Waals surface area (Å²) in [6, 6.07) is 20.4. The number of anilines is 3. The first-order valence-electron chi connectivity index (χ1n) is 12.5. The number of carbonyl (C=O) groups is 5. The van der Waals surface area contributed by atoms with Crippen molar-refractivity contribution < 1.29 is 28.7 Å². The molecule has 198 valence electrons. The van der Waals surface area contributed by atoms with E-state index in [9.17, 15) is 24.0 Å². The van der Waals surface area contributed by atoms with E-state index in [-0.39, 0.29) is 55.5 Å². The molecule has 0 saturated heterocycles. The molecule has 0 fully saturated rings. The van der Waals surface area contributed by atoms with E-state index in [4.69, 9.17) is 4.74 Å². The molecule has 10 nitrogen and oxygen atoms in total. The lowest BCUT2D eigenvalue weighted by Crippen LogP contribution is -2.47. The van der Waals surface area contributed by atoms with Crippen LogP contribution in [-0.4, -0.2) is 53.6 Å². The SMILES string of the molecule is CC1Oc2ccc(NC(=O)CCCN3C(=O)c4ccccc4C3=O)cc2N(CC(=O)Nc2ccccc2)C1=O. The normalized spacial score (nSPS) is 15.9. The number of benzene rings is 3. The van der Waals surface area contributed by atoms with Crippen LogP contribution in [0.5, 0.6) is 5.75 Å². The number of amides is 5. The molecular formula is C29H26N4O6. The number of hydrogen-bond acceptors (Lipinski definition) is 6. The van der Waals surface area contributed by atoms with Crippen molar-refractivity contribution in [3.05, 3.63) is 83.9 Å². The summed E-state index contributed by atoms with van der Waals surface area (Å²) in [5.74, 6) is -1.39. The molecular weight excluding hydrogens is 500 g/mol. The maximum Gasteiger partial charge on any atom is 0.268 e. The van der Waals surface area contributed by atoms with Crippen LogP contribution >= 0.6 is 0 Å². The third kappa shape index (κ3) is 5.35. The Balaban J connectivity index is 1.21. The molecule has 39 heavy (non-hydrogen) atoms. The molecule has 1 unspecified atom stereocenters. The summed E-state index contributed by atoms with van der Waals surface area (Å²) >= 11 is 0. The van der Waals surface area contributed by atoms with E-state index < -0.39 is 6.10 Å². The Morgan fingerprint density at radius 3 is 2.13 bits per heavy atom. The first-order chi connectivity index (χ1) is 18.8. The second-order valence-corrected chi connectivity index (χ2v) is 9.24. The second-order valence-electron chi connectivity index (χ2n) is 9.24. The largest absolute Gasteiger partial charge is 0.479 e. The third-order valence-corrected chi connectivity index (χ3v) is 6.47. The molecule has 2 aliphatic rings. The number of nitrogens with zero attached hydrogens (tertiary/aromatic N) is 2. The van der Waals surface area contributed by atoms with Gasteiger partial charge in [-0.25, -0.2) is 0 Å². The topological polar surface area (TPSA) is 125 Å². The molecule has 3 aromatic rings. The van der Waals surface area contributed by atoms with Gasteiger partial charge in [0.2, 0.25) is 11.8 Å². The standard InChI is InChI=1S/C29H26N4O6/c1-18-27(36)33(17-26(35)30-19-8-3-2-4-9-19)23-16-20(13-14-24(23)39-18)31-25(34)12-7-15-32-28(37)21-10-5-6-11-22(21)29(32)38/h2-6,8-11,13-14,16,18H,7,12,15,17H2,1H3,(H,30,35)(H,31,34). The Morgan fingerprint density at radius 2 is 1.44 bits per heavy atom. The van der Waals surface area contributed by atoms with Crippen LogP contribution in [0.2, 0.25) is 0 Å². The van der Waals surface area contributed by atoms with Crippen LogP contribution in [-0.2, 0) is 14.4 Å². The van der Waals surface area contributed by atoms with Crippen molar-refractivity contribution in [2.45, 2.75) is 25.9 Å².